The highest BCUT2D eigenvalue weighted by Crippen LogP contribution is 2.17. The van der Waals surface area contributed by atoms with Gasteiger partial charge in [0.05, 0.1) is 5.60 Å². The van der Waals surface area contributed by atoms with Crippen molar-refractivity contribution in [2.45, 2.75) is 52.7 Å². The first-order chi connectivity index (χ1) is 9.81. The zero-order valence-corrected chi connectivity index (χ0v) is 13.8. The molecule has 0 bridgehead atoms. The Bertz CT molecular complexity index is 452. The predicted molar refractivity (Wildman–Crippen MR) is 87.5 cm³/mol. The van der Waals surface area contributed by atoms with Gasteiger partial charge in [-0.3, -0.25) is 4.79 Å². The summed E-state index contributed by atoms with van der Waals surface area (Å²) in [4.78, 5) is 11.9. The first-order valence-corrected chi connectivity index (χ1v) is 7.59. The molecule has 0 fully saturated rings. The smallest absolute Gasteiger partial charge is 0.250 e. The van der Waals surface area contributed by atoms with E-state index in [2.05, 4.69) is 30.5 Å². The van der Waals surface area contributed by atoms with Gasteiger partial charge in [-0.2, -0.15) is 0 Å². The van der Waals surface area contributed by atoms with Crippen LogP contribution in [-0.2, 0) is 9.53 Å². The van der Waals surface area contributed by atoms with Crippen LogP contribution in [0.1, 0.15) is 52.6 Å². The number of nitrogens with one attached hydrogen (secondary N) is 2. The van der Waals surface area contributed by atoms with E-state index in [1.165, 1.54) is 0 Å². The monoisotopic (exact) mass is 292 g/mol. The Hall–Kier alpha value is -1.39. The molecule has 0 aliphatic heterocycles. The molecule has 0 radical (unpaired) electrons. The van der Waals surface area contributed by atoms with Crippen LogP contribution in [0.3, 0.4) is 0 Å². The third-order valence-electron chi connectivity index (χ3n) is 3.01. The molecular weight excluding hydrogens is 264 g/mol. The summed E-state index contributed by atoms with van der Waals surface area (Å²) in [5, 5.41) is 6.31. The summed E-state index contributed by atoms with van der Waals surface area (Å²) in [6.45, 7) is 11.1. The van der Waals surface area contributed by atoms with E-state index >= 15 is 0 Å². The van der Waals surface area contributed by atoms with E-state index in [1.54, 1.807) is 0 Å². The quantitative estimate of drug-likeness (QED) is 0.808. The number of ether oxygens (including phenoxy) is 1. The fourth-order valence-electron chi connectivity index (χ4n) is 1.84. The predicted octanol–water partition coefficient (Wildman–Crippen LogP) is 3.50. The van der Waals surface area contributed by atoms with E-state index < -0.39 is 0 Å². The molecule has 1 atom stereocenters. The van der Waals surface area contributed by atoms with Crippen molar-refractivity contribution in [2.24, 2.45) is 0 Å². The molecule has 0 saturated carbocycles. The first kappa shape index (κ1) is 17.7. The number of anilines is 1. The molecule has 1 aromatic rings. The van der Waals surface area contributed by atoms with Gasteiger partial charge in [0.15, 0.2) is 0 Å². The highest BCUT2D eigenvalue weighted by Gasteiger charge is 2.13. The van der Waals surface area contributed by atoms with Crippen molar-refractivity contribution in [1.82, 2.24) is 5.32 Å². The molecule has 0 heterocycles. The summed E-state index contributed by atoms with van der Waals surface area (Å²) in [6, 6.07) is 8.19. The van der Waals surface area contributed by atoms with Crippen molar-refractivity contribution in [3.05, 3.63) is 29.8 Å². The van der Waals surface area contributed by atoms with E-state index in [1.807, 2.05) is 39.0 Å². The second-order valence-electron chi connectivity index (χ2n) is 6.25. The molecule has 1 rings (SSSR count). The molecule has 4 nitrogen and oxygen atoms in total. The summed E-state index contributed by atoms with van der Waals surface area (Å²) in [5.41, 5.74) is 1.66. The molecule has 0 spiro atoms. The minimum Gasteiger partial charge on any atom is -0.366 e. The van der Waals surface area contributed by atoms with Crippen LogP contribution >= 0.6 is 0 Å². The van der Waals surface area contributed by atoms with Crippen LogP contribution in [-0.4, -0.2) is 24.7 Å². The maximum Gasteiger partial charge on any atom is 0.250 e. The number of hydrogen-bond donors (Lipinski definition) is 2. The van der Waals surface area contributed by atoms with Gasteiger partial charge in [0.2, 0.25) is 5.91 Å². The summed E-state index contributed by atoms with van der Waals surface area (Å²) in [6.07, 6.45) is 1.10. The SMILES string of the molecule is CCCNC(C)c1cccc(NC(=O)COC(C)(C)C)c1. The summed E-state index contributed by atoms with van der Waals surface area (Å²) >= 11 is 0. The van der Waals surface area contributed by atoms with Crippen molar-refractivity contribution in [3.8, 4) is 0 Å². The molecule has 4 heteroatoms. The van der Waals surface area contributed by atoms with Gasteiger partial charge in [-0.1, -0.05) is 19.1 Å². The van der Waals surface area contributed by atoms with Crippen molar-refractivity contribution >= 4 is 11.6 Å². The molecule has 0 aliphatic rings. The maximum atomic E-state index is 11.9. The second-order valence-corrected chi connectivity index (χ2v) is 6.25. The van der Waals surface area contributed by atoms with Crippen LogP contribution in [0.15, 0.2) is 24.3 Å². The van der Waals surface area contributed by atoms with E-state index in [4.69, 9.17) is 4.74 Å². The Morgan fingerprint density at radius 3 is 2.67 bits per heavy atom. The number of rotatable bonds is 7. The van der Waals surface area contributed by atoms with Crippen LogP contribution in [0.2, 0.25) is 0 Å². The molecule has 118 valence electrons. The van der Waals surface area contributed by atoms with Crippen molar-refractivity contribution in [1.29, 1.82) is 0 Å². The topological polar surface area (TPSA) is 50.4 Å². The number of carbonyl (C=O) groups is 1. The Morgan fingerprint density at radius 2 is 2.05 bits per heavy atom. The van der Waals surface area contributed by atoms with Gasteiger partial charge < -0.3 is 15.4 Å². The molecule has 0 saturated heterocycles. The average Bonchev–Trinajstić information content (AvgIpc) is 2.42. The molecule has 0 aliphatic carbocycles. The highest BCUT2D eigenvalue weighted by atomic mass is 16.5. The standard InChI is InChI=1S/C17H28N2O2/c1-6-10-18-13(2)14-8-7-9-15(11-14)19-16(20)12-21-17(3,4)5/h7-9,11,13,18H,6,10,12H2,1-5H3,(H,19,20). The summed E-state index contributed by atoms with van der Waals surface area (Å²) < 4.78 is 5.47. The normalized spacial score (nSPS) is 13.0. The summed E-state index contributed by atoms with van der Waals surface area (Å²) in [5.74, 6) is -0.128. The fourth-order valence-corrected chi connectivity index (χ4v) is 1.84. The Labute approximate surface area is 128 Å². The lowest BCUT2D eigenvalue weighted by Gasteiger charge is -2.19. The first-order valence-electron chi connectivity index (χ1n) is 7.59. The lowest BCUT2D eigenvalue weighted by Crippen LogP contribution is -2.27. The lowest BCUT2D eigenvalue weighted by atomic mass is 10.1. The maximum absolute atomic E-state index is 11.9. The fraction of sp³-hybridized carbons (Fsp3) is 0.588. The van der Waals surface area contributed by atoms with Gasteiger partial charge >= 0.3 is 0 Å². The number of hydrogen-bond acceptors (Lipinski definition) is 3. The molecule has 0 aromatic heterocycles. The summed E-state index contributed by atoms with van der Waals surface area (Å²) in [7, 11) is 0. The van der Waals surface area contributed by atoms with Gasteiger partial charge in [-0.25, -0.2) is 0 Å². The largest absolute Gasteiger partial charge is 0.366 e. The third kappa shape index (κ3) is 7.25. The van der Waals surface area contributed by atoms with Gasteiger partial charge in [-0.05, 0) is 58.4 Å². The third-order valence-corrected chi connectivity index (χ3v) is 3.01. The molecule has 1 unspecified atom stereocenters. The highest BCUT2D eigenvalue weighted by molar-refractivity contribution is 5.91. The lowest BCUT2D eigenvalue weighted by molar-refractivity contribution is -0.125. The zero-order chi connectivity index (χ0) is 15.9. The Morgan fingerprint density at radius 1 is 1.33 bits per heavy atom. The van der Waals surface area contributed by atoms with Crippen molar-refractivity contribution in [2.75, 3.05) is 18.5 Å². The minimum atomic E-state index is -0.308. The molecule has 1 aromatic carbocycles. The average molecular weight is 292 g/mol. The minimum absolute atomic E-state index is 0.0668. The molecule has 2 N–H and O–H groups in total. The van der Waals surface area contributed by atoms with Crippen LogP contribution in [0.25, 0.3) is 0 Å². The Kier molecular flexibility index (Phi) is 6.85. The number of carbonyl (C=O) groups excluding carboxylic acids is 1. The van der Waals surface area contributed by atoms with Crippen molar-refractivity contribution in [3.63, 3.8) is 0 Å². The van der Waals surface area contributed by atoms with Gasteiger partial charge in [0.1, 0.15) is 6.61 Å². The zero-order valence-electron chi connectivity index (χ0n) is 13.8. The van der Waals surface area contributed by atoms with Gasteiger partial charge in [-0.15, -0.1) is 0 Å². The van der Waals surface area contributed by atoms with Crippen LogP contribution < -0.4 is 10.6 Å². The number of benzene rings is 1. The molecular formula is C17H28N2O2. The van der Waals surface area contributed by atoms with Crippen LogP contribution in [0.4, 0.5) is 5.69 Å². The van der Waals surface area contributed by atoms with E-state index in [0.29, 0.717) is 0 Å². The van der Waals surface area contributed by atoms with E-state index in [9.17, 15) is 4.79 Å². The molecule has 21 heavy (non-hydrogen) atoms. The van der Waals surface area contributed by atoms with Crippen molar-refractivity contribution < 1.29 is 9.53 Å². The van der Waals surface area contributed by atoms with Gasteiger partial charge in [0.25, 0.3) is 0 Å². The second kappa shape index (κ2) is 8.15. The molecule has 1 amide bonds. The Balaban J connectivity index is 2.58. The van der Waals surface area contributed by atoms with Gasteiger partial charge in [0, 0.05) is 11.7 Å². The van der Waals surface area contributed by atoms with E-state index in [-0.39, 0.29) is 24.2 Å². The van der Waals surface area contributed by atoms with E-state index in [0.717, 1.165) is 24.2 Å². The van der Waals surface area contributed by atoms with Crippen LogP contribution in [0, 0.1) is 0 Å². The number of amides is 1. The van der Waals surface area contributed by atoms with Crippen LogP contribution in [0.5, 0.6) is 0 Å².